The molecule has 31 heavy (non-hydrogen) atoms. The van der Waals surface area contributed by atoms with E-state index < -0.39 is 0 Å². The minimum absolute atomic E-state index is 0. The summed E-state index contributed by atoms with van der Waals surface area (Å²) in [5.41, 5.74) is 2.64. The van der Waals surface area contributed by atoms with E-state index in [-0.39, 0.29) is 30.0 Å². The van der Waals surface area contributed by atoms with Crippen LogP contribution in [0.25, 0.3) is 0 Å². The topological polar surface area (TPSA) is 52.1 Å². The lowest BCUT2D eigenvalue weighted by Gasteiger charge is -2.35. The summed E-state index contributed by atoms with van der Waals surface area (Å²) in [7, 11) is 0. The number of hydrogen-bond donors (Lipinski definition) is 2. The molecule has 0 amide bonds. The van der Waals surface area contributed by atoms with Crippen LogP contribution in [0.1, 0.15) is 50.3 Å². The van der Waals surface area contributed by atoms with E-state index in [4.69, 9.17) is 9.73 Å². The average molecular weight is 544 g/mol. The first kappa shape index (κ1) is 26.4. The van der Waals surface area contributed by atoms with Gasteiger partial charge < -0.3 is 20.3 Å². The Bertz CT molecular complexity index is 640. The van der Waals surface area contributed by atoms with Gasteiger partial charge in [-0.25, -0.2) is 0 Å². The number of piperidine rings is 1. The summed E-state index contributed by atoms with van der Waals surface area (Å²) in [6.07, 6.45) is 3.62. The first-order chi connectivity index (χ1) is 14.7. The number of nitrogens with one attached hydrogen (secondary N) is 2. The Kier molecular flexibility index (Phi) is 12.1. The Labute approximate surface area is 206 Å². The Morgan fingerprint density at radius 2 is 1.77 bits per heavy atom. The molecule has 0 saturated carbocycles. The van der Waals surface area contributed by atoms with E-state index in [2.05, 4.69) is 65.5 Å². The van der Waals surface area contributed by atoms with Gasteiger partial charge in [-0.05, 0) is 45.2 Å². The first-order valence-corrected chi connectivity index (χ1v) is 11.8. The quantitative estimate of drug-likeness (QED) is 0.299. The van der Waals surface area contributed by atoms with Crippen LogP contribution in [0.4, 0.5) is 0 Å². The second-order valence-electron chi connectivity index (χ2n) is 8.55. The van der Waals surface area contributed by atoms with E-state index in [0.717, 1.165) is 45.4 Å². The molecule has 1 unspecified atom stereocenters. The lowest BCUT2D eigenvalue weighted by molar-refractivity contribution is 0.0179. The second-order valence-corrected chi connectivity index (χ2v) is 8.55. The molecule has 3 rings (SSSR count). The van der Waals surface area contributed by atoms with E-state index in [0.29, 0.717) is 6.04 Å². The number of hydrogen-bond acceptors (Lipinski definition) is 4. The summed E-state index contributed by atoms with van der Waals surface area (Å²) in [6, 6.07) is 9.73. The van der Waals surface area contributed by atoms with Crippen molar-refractivity contribution in [2.24, 2.45) is 4.99 Å². The van der Waals surface area contributed by atoms with Crippen molar-refractivity contribution in [3.05, 3.63) is 35.4 Å². The van der Waals surface area contributed by atoms with Crippen LogP contribution in [0.5, 0.6) is 0 Å². The van der Waals surface area contributed by atoms with Gasteiger partial charge in [-0.1, -0.05) is 36.8 Å². The fourth-order valence-corrected chi connectivity index (χ4v) is 4.42. The Morgan fingerprint density at radius 3 is 2.39 bits per heavy atom. The minimum atomic E-state index is 0. The molecule has 0 aliphatic carbocycles. The third-order valence-electron chi connectivity index (χ3n) is 6.18. The van der Waals surface area contributed by atoms with Gasteiger partial charge in [-0.2, -0.15) is 0 Å². The predicted octanol–water partition coefficient (Wildman–Crippen LogP) is 3.42. The van der Waals surface area contributed by atoms with E-state index in [9.17, 15) is 0 Å². The van der Waals surface area contributed by atoms with Gasteiger partial charge in [0.1, 0.15) is 0 Å². The van der Waals surface area contributed by atoms with Crippen LogP contribution < -0.4 is 10.6 Å². The van der Waals surface area contributed by atoms with Crippen molar-refractivity contribution in [3.8, 4) is 0 Å². The molecule has 0 aromatic heterocycles. The molecule has 7 heteroatoms. The van der Waals surface area contributed by atoms with Crippen LogP contribution in [0, 0.1) is 6.92 Å². The molecule has 6 nitrogen and oxygen atoms in total. The van der Waals surface area contributed by atoms with Crippen LogP contribution in [-0.2, 0) is 4.74 Å². The molecular formula is C24H42IN5O. The van der Waals surface area contributed by atoms with E-state index in [1.807, 2.05) is 0 Å². The van der Waals surface area contributed by atoms with Crippen LogP contribution in [0.3, 0.4) is 0 Å². The SMILES string of the molecule is CCCN1CCC(NC(=NCC(c2ccc(C)cc2)N2CCOCC2)NCC)CC1.I. The Hall–Kier alpha value is -0.900. The van der Waals surface area contributed by atoms with Gasteiger partial charge in [0.15, 0.2) is 5.96 Å². The van der Waals surface area contributed by atoms with Crippen molar-refractivity contribution >= 4 is 29.9 Å². The van der Waals surface area contributed by atoms with Crippen molar-refractivity contribution in [1.29, 1.82) is 0 Å². The van der Waals surface area contributed by atoms with Gasteiger partial charge in [-0.3, -0.25) is 9.89 Å². The maximum atomic E-state index is 5.59. The molecule has 2 heterocycles. The highest BCUT2D eigenvalue weighted by Gasteiger charge is 2.23. The predicted molar refractivity (Wildman–Crippen MR) is 141 cm³/mol. The van der Waals surface area contributed by atoms with Crippen molar-refractivity contribution in [3.63, 3.8) is 0 Å². The number of aryl methyl sites for hydroxylation is 1. The summed E-state index contributed by atoms with van der Waals surface area (Å²) in [5.74, 6) is 0.955. The monoisotopic (exact) mass is 543 g/mol. The van der Waals surface area contributed by atoms with Crippen LogP contribution in [0.2, 0.25) is 0 Å². The molecule has 2 aliphatic rings. The number of halogens is 1. The first-order valence-electron chi connectivity index (χ1n) is 11.8. The molecule has 0 radical (unpaired) electrons. The zero-order chi connectivity index (χ0) is 21.2. The highest BCUT2D eigenvalue weighted by molar-refractivity contribution is 14.0. The lowest BCUT2D eigenvalue weighted by atomic mass is 10.0. The molecular weight excluding hydrogens is 501 g/mol. The minimum Gasteiger partial charge on any atom is -0.379 e. The average Bonchev–Trinajstić information content (AvgIpc) is 2.77. The van der Waals surface area contributed by atoms with Gasteiger partial charge in [0, 0.05) is 38.8 Å². The molecule has 2 N–H and O–H groups in total. The number of rotatable bonds is 8. The van der Waals surface area contributed by atoms with Crippen molar-refractivity contribution < 1.29 is 4.74 Å². The third kappa shape index (κ3) is 8.51. The summed E-state index contributed by atoms with van der Waals surface area (Å²) >= 11 is 0. The number of likely N-dealkylation sites (tertiary alicyclic amines) is 1. The Morgan fingerprint density at radius 1 is 1.10 bits per heavy atom. The van der Waals surface area contributed by atoms with Crippen LogP contribution in [-0.4, -0.2) is 80.8 Å². The van der Waals surface area contributed by atoms with Crippen LogP contribution in [0.15, 0.2) is 29.3 Å². The van der Waals surface area contributed by atoms with Gasteiger partial charge in [0.25, 0.3) is 0 Å². The number of guanidine groups is 1. The smallest absolute Gasteiger partial charge is 0.191 e. The molecule has 2 saturated heterocycles. The highest BCUT2D eigenvalue weighted by Crippen LogP contribution is 2.23. The molecule has 1 aromatic rings. The molecule has 2 fully saturated rings. The van der Waals surface area contributed by atoms with Crippen molar-refractivity contribution in [1.82, 2.24) is 20.4 Å². The molecule has 2 aliphatic heterocycles. The number of benzene rings is 1. The fourth-order valence-electron chi connectivity index (χ4n) is 4.42. The van der Waals surface area contributed by atoms with Gasteiger partial charge >= 0.3 is 0 Å². The van der Waals surface area contributed by atoms with Gasteiger partial charge in [-0.15, -0.1) is 24.0 Å². The third-order valence-corrected chi connectivity index (χ3v) is 6.18. The number of ether oxygens (including phenoxy) is 1. The number of nitrogens with zero attached hydrogens (tertiary/aromatic N) is 3. The number of morpholine rings is 1. The zero-order valence-electron chi connectivity index (χ0n) is 19.6. The molecule has 176 valence electrons. The van der Waals surface area contributed by atoms with Crippen molar-refractivity contribution in [2.75, 3.05) is 59.0 Å². The standard InChI is InChI=1S/C24H41N5O.HI/c1-4-12-28-13-10-22(11-14-28)27-24(25-5-2)26-19-23(29-15-17-30-18-16-29)21-8-6-20(3)7-9-21;/h6-9,22-23H,4-5,10-19H2,1-3H3,(H2,25,26,27);1H. The largest absolute Gasteiger partial charge is 0.379 e. The maximum absolute atomic E-state index is 5.59. The molecule has 0 bridgehead atoms. The Balaban J connectivity index is 0.00000341. The highest BCUT2D eigenvalue weighted by atomic mass is 127. The van der Waals surface area contributed by atoms with Gasteiger partial charge in [0.05, 0.1) is 25.8 Å². The van der Waals surface area contributed by atoms with E-state index >= 15 is 0 Å². The lowest BCUT2D eigenvalue weighted by Crippen LogP contribution is -2.49. The van der Waals surface area contributed by atoms with E-state index in [1.54, 1.807) is 0 Å². The molecule has 0 spiro atoms. The zero-order valence-corrected chi connectivity index (χ0v) is 21.9. The summed E-state index contributed by atoms with van der Waals surface area (Å²) < 4.78 is 5.59. The molecule has 1 atom stereocenters. The van der Waals surface area contributed by atoms with E-state index in [1.165, 1.54) is 50.0 Å². The maximum Gasteiger partial charge on any atom is 0.191 e. The summed E-state index contributed by atoms with van der Waals surface area (Å²) in [6.45, 7) is 15.3. The normalized spacial score (nSPS) is 20.2. The molecule has 1 aromatic carbocycles. The summed E-state index contributed by atoms with van der Waals surface area (Å²) in [4.78, 5) is 10.1. The number of aliphatic imine (C=N–C) groups is 1. The summed E-state index contributed by atoms with van der Waals surface area (Å²) in [5, 5.41) is 7.17. The fraction of sp³-hybridized carbons (Fsp3) is 0.708. The van der Waals surface area contributed by atoms with Crippen LogP contribution >= 0.6 is 24.0 Å². The van der Waals surface area contributed by atoms with Crippen molar-refractivity contribution in [2.45, 2.75) is 52.1 Å². The second kappa shape index (κ2) is 14.3. The van der Waals surface area contributed by atoms with Gasteiger partial charge in [0.2, 0.25) is 0 Å².